The van der Waals surface area contributed by atoms with Gasteiger partial charge in [-0.05, 0) is 59.7 Å². The van der Waals surface area contributed by atoms with Crippen LogP contribution in [0, 0.1) is 5.41 Å². The molecule has 0 aromatic heterocycles. The van der Waals surface area contributed by atoms with Crippen LogP contribution in [-0.2, 0) is 20.7 Å². The van der Waals surface area contributed by atoms with Crippen LogP contribution in [0.2, 0.25) is 0 Å². The van der Waals surface area contributed by atoms with Crippen LogP contribution in [0.3, 0.4) is 0 Å². The highest BCUT2D eigenvalue weighted by Crippen LogP contribution is 2.50. The van der Waals surface area contributed by atoms with Gasteiger partial charge in [-0.1, -0.05) is 12.1 Å². The zero-order chi connectivity index (χ0) is 23.0. The molecule has 1 aliphatic heterocycles. The van der Waals surface area contributed by atoms with Crippen molar-refractivity contribution in [1.29, 1.82) is 0 Å². The largest absolute Gasteiger partial charge is 0.507 e. The first-order valence-corrected chi connectivity index (χ1v) is 10.1. The number of benzene rings is 1. The maximum absolute atomic E-state index is 13.1. The second-order valence-corrected chi connectivity index (χ2v) is 8.67. The first-order chi connectivity index (χ1) is 15.1. The molecule has 0 amide bonds. The standard InChI is InChI=1S/C23H20O9/c24-4-3-22(20(28)32-21(22)29)9-10-5-11-7-12-8-14(19(27)23(12,30)31)13-1-2-15(25)18(17(11)13)16(26)6-10/h1-2,5-7,14,19,24-25,27,30-31H,3-4,8-9H2. The van der Waals surface area contributed by atoms with Crippen molar-refractivity contribution >= 4 is 28.8 Å². The van der Waals surface area contributed by atoms with E-state index in [0.29, 0.717) is 16.5 Å². The molecule has 3 aliphatic rings. The number of cyclic esters (lactones) is 2. The maximum Gasteiger partial charge on any atom is 0.331 e. The van der Waals surface area contributed by atoms with Crippen molar-refractivity contribution in [2.75, 3.05) is 6.61 Å². The van der Waals surface area contributed by atoms with E-state index >= 15 is 0 Å². The number of fused-ring (bicyclic) bond motifs is 3. The Morgan fingerprint density at radius 2 is 1.78 bits per heavy atom. The third-order valence-corrected chi connectivity index (χ3v) is 6.85. The fourth-order valence-electron chi connectivity index (χ4n) is 5.14. The van der Waals surface area contributed by atoms with Gasteiger partial charge in [0.15, 0.2) is 10.8 Å². The third-order valence-electron chi connectivity index (χ3n) is 6.85. The number of aromatic hydroxyl groups is 1. The summed E-state index contributed by atoms with van der Waals surface area (Å²) in [7, 11) is 0. The summed E-state index contributed by atoms with van der Waals surface area (Å²) < 4.78 is 4.50. The summed E-state index contributed by atoms with van der Waals surface area (Å²) >= 11 is 0. The molecule has 1 saturated heterocycles. The molecule has 32 heavy (non-hydrogen) atoms. The Bertz CT molecular complexity index is 1280. The van der Waals surface area contributed by atoms with Gasteiger partial charge < -0.3 is 30.3 Å². The van der Waals surface area contributed by atoms with E-state index in [9.17, 15) is 39.9 Å². The highest BCUT2D eigenvalue weighted by Gasteiger charge is 2.58. The van der Waals surface area contributed by atoms with Crippen LogP contribution in [0.5, 0.6) is 5.75 Å². The van der Waals surface area contributed by atoms with Crippen LogP contribution in [0.15, 0.2) is 34.6 Å². The molecule has 2 fully saturated rings. The van der Waals surface area contributed by atoms with Crippen LogP contribution in [0.4, 0.5) is 0 Å². The average Bonchev–Trinajstić information content (AvgIpc) is 2.87. The minimum atomic E-state index is -2.46. The Morgan fingerprint density at radius 1 is 1.06 bits per heavy atom. The topological polar surface area (TPSA) is 162 Å². The van der Waals surface area contributed by atoms with Crippen LogP contribution < -0.4 is 5.43 Å². The van der Waals surface area contributed by atoms with E-state index < -0.39 is 47.2 Å². The van der Waals surface area contributed by atoms with Gasteiger partial charge in [0.05, 0.1) is 5.39 Å². The number of carbonyl (C=O) groups is 2. The van der Waals surface area contributed by atoms with E-state index in [4.69, 9.17) is 0 Å². The summed E-state index contributed by atoms with van der Waals surface area (Å²) in [5.41, 5.74) is -0.907. The summed E-state index contributed by atoms with van der Waals surface area (Å²) in [4.78, 5) is 37.4. The van der Waals surface area contributed by atoms with Crippen LogP contribution in [-0.4, -0.2) is 56.0 Å². The lowest BCUT2D eigenvalue weighted by atomic mass is 9.75. The highest BCUT2D eigenvalue weighted by atomic mass is 16.6. The number of aliphatic hydroxyl groups excluding tert-OH is 2. The Labute approximate surface area is 180 Å². The van der Waals surface area contributed by atoms with Gasteiger partial charge in [-0.3, -0.25) is 14.4 Å². The molecule has 2 aliphatic carbocycles. The van der Waals surface area contributed by atoms with E-state index in [-0.39, 0.29) is 41.5 Å². The number of phenolic OH excluding ortho intramolecular Hbond substituents is 1. The van der Waals surface area contributed by atoms with E-state index in [2.05, 4.69) is 4.74 Å². The van der Waals surface area contributed by atoms with Crippen LogP contribution in [0.1, 0.15) is 35.4 Å². The smallest absolute Gasteiger partial charge is 0.331 e. The van der Waals surface area contributed by atoms with Crippen molar-refractivity contribution in [1.82, 2.24) is 0 Å². The molecule has 1 heterocycles. The number of carbonyl (C=O) groups excluding carboxylic acids is 2. The van der Waals surface area contributed by atoms with Gasteiger partial charge >= 0.3 is 11.9 Å². The summed E-state index contributed by atoms with van der Waals surface area (Å²) in [6, 6.07) is 5.60. The van der Waals surface area contributed by atoms with Crippen LogP contribution in [0.25, 0.3) is 16.8 Å². The van der Waals surface area contributed by atoms with E-state index in [1.54, 1.807) is 6.07 Å². The van der Waals surface area contributed by atoms with Gasteiger partial charge in [0.2, 0.25) is 5.79 Å². The Kier molecular flexibility index (Phi) is 4.35. The number of hydrogen-bond donors (Lipinski definition) is 5. The lowest BCUT2D eigenvalue weighted by Crippen LogP contribution is -2.55. The number of phenols is 1. The fourth-order valence-corrected chi connectivity index (χ4v) is 5.14. The van der Waals surface area contributed by atoms with Gasteiger partial charge in [0, 0.05) is 17.9 Å². The van der Waals surface area contributed by atoms with Gasteiger partial charge in [0.1, 0.15) is 11.9 Å². The molecule has 1 saturated carbocycles. The van der Waals surface area contributed by atoms with Gasteiger partial charge in [-0.2, -0.15) is 0 Å². The average molecular weight is 440 g/mol. The second-order valence-electron chi connectivity index (χ2n) is 8.67. The number of ether oxygens (including phenoxy) is 1. The van der Waals surface area contributed by atoms with E-state index in [0.717, 1.165) is 0 Å². The molecule has 2 unspecified atom stereocenters. The minimum absolute atomic E-state index is 0.0134. The lowest BCUT2D eigenvalue weighted by Gasteiger charge is -2.35. The van der Waals surface area contributed by atoms with Gasteiger partial charge in [-0.25, -0.2) is 0 Å². The van der Waals surface area contributed by atoms with E-state index in [1.807, 2.05) is 0 Å². The Hall–Kier alpha value is -3.11. The number of esters is 2. The van der Waals surface area contributed by atoms with Crippen molar-refractivity contribution in [2.45, 2.75) is 37.1 Å². The monoisotopic (exact) mass is 440 g/mol. The number of hydrogen-bond acceptors (Lipinski definition) is 9. The Balaban J connectivity index is 1.80. The van der Waals surface area contributed by atoms with Gasteiger partial charge in [-0.15, -0.1) is 0 Å². The van der Waals surface area contributed by atoms with Crippen molar-refractivity contribution in [3.63, 3.8) is 0 Å². The predicted octanol–water partition coefficient (Wildman–Crippen LogP) is -0.174. The van der Waals surface area contributed by atoms with Crippen LogP contribution >= 0.6 is 0 Å². The third kappa shape index (κ3) is 2.62. The molecule has 0 radical (unpaired) electrons. The number of rotatable bonds is 4. The molecule has 2 bridgehead atoms. The zero-order valence-electron chi connectivity index (χ0n) is 16.7. The molecule has 5 rings (SSSR count). The molecule has 0 spiro atoms. The normalized spacial score (nSPS) is 24.6. The molecule has 9 nitrogen and oxygen atoms in total. The zero-order valence-corrected chi connectivity index (χ0v) is 16.7. The SMILES string of the molecule is O=C1OC(=O)C1(CCO)Cc1cc2c3c(ccc(O)c3c(=O)c1)C1CC(=C2)C(O)(O)C1O. The molecular formula is C23H20O9. The quantitative estimate of drug-likeness (QED) is 0.247. The van der Waals surface area contributed by atoms with Crippen molar-refractivity contribution in [2.24, 2.45) is 5.41 Å². The summed E-state index contributed by atoms with van der Waals surface area (Å²) in [6.07, 6.45) is -0.318. The summed E-state index contributed by atoms with van der Waals surface area (Å²) in [5.74, 6) is -5.05. The Morgan fingerprint density at radius 3 is 2.44 bits per heavy atom. The first kappa shape index (κ1) is 20.8. The second kappa shape index (κ2) is 6.69. The number of aliphatic hydroxyl groups is 4. The molecule has 2 atom stereocenters. The van der Waals surface area contributed by atoms with Crippen molar-refractivity contribution in [3.8, 4) is 5.75 Å². The summed E-state index contributed by atoms with van der Waals surface area (Å²) in [6.45, 7) is -0.440. The molecule has 9 heteroatoms. The first-order valence-electron chi connectivity index (χ1n) is 10.1. The summed E-state index contributed by atoms with van der Waals surface area (Å²) in [5, 5.41) is 51.6. The fraction of sp³-hybridized carbons (Fsp3) is 0.348. The minimum Gasteiger partial charge on any atom is -0.507 e. The molecule has 2 aromatic rings. The molecule has 166 valence electrons. The molecule has 5 N–H and O–H groups in total. The predicted molar refractivity (Wildman–Crippen MR) is 109 cm³/mol. The van der Waals surface area contributed by atoms with Gasteiger partial charge in [0.25, 0.3) is 0 Å². The van der Waals surface area contributed by atoms with Crippen molar-refractivity contribution < 1.29 is 39.9 Å². The van der Waals surface area contributed by atoms with E-state index in [1.165, 1.54) is 24.3 Å². The highest BCUT2D eigenvalue weighted by molar-refractivity contribution is 6.14. The van der Waals surface area contributed by atoms with Crippen molar-refractivity contribution in [3.05, 3.63) is 56.8 Å². The maximum atomic E-state index is 13.1. The lowest BCUT2D eigenvalue weighted by molar-refractivity contribution is -0.198. The molecule has 2 aromatic carbocycles. The molecular weight excluding hydrogens is 420 g/mol.